The first-order valence-electron chi connectivity index (χ1n) is 8.46. The second kappa shape index (κ2) is 7.79. The van der Waals surface area contributed by atoms with Crippen LogP contribution in [0.4, 0.5) is 0 Å². The largest absolute Gasteiger partial charge is 0.481 e. The van der Waals surface area contributed by atoms with Crippen molar-refractivity contribution in [1.29, 1.82) is 0 Å². The SMILES string of the molecule is CC(C)C1(COCc2ccccc2)CCCC(C(=O)O)C1C(=O)O. The normalized spacial score (nSPS) is 27.1. The van der Waals surface area contributed by atoms with Gasteiger partial charge in [0.25, 0.3) is 0 Å². The minimum absolute atomic E-state index is 0.0246. The third-order valence-electron chi connectivity index (χ3n) is 5.39. The summed E-state index contributed by atoms with van der Waals surface area (Å²) >= 11 is 0. The molecule has 3 unspecified atom stereocenters. The van der Waals surface area contributed by atoms with Crippen molar-refractivity contribution in [2.24, 2.45) is 23.2 Å². The molecule has 0 heterocycles. The Bertz CT molecular complexity index is 568. The van der Waals surface area contributed by atoms with Gasteiger partial charge in [0.15, 0.2) is 0 Å². The molecule has 0 radical (unpaired) electrons. The number of rotatable bonds is 7. The molecule has 5 heteroatoms. The summed E-state index contributed by atoms with van der Waals surface area (Å²) in [6, 6.07) is 9.70. The van der Waals surface area contributed by atoms with Gasteiger partial charge in [-0.3, -0.25) is 9.59 Å². The van der Waals surface area contributed by atoms with Crippen molar-refractivity contribution >= 4 is 11.9 Å². The van der Waals surface area contributed by atoms with Crippen molar-refractivity contribution < 1.29 is 24.5 Å². The Balaban J connectivity index is 2.20. The van der Waals surface area contributed by atoms with Crippen molar-refractivity contribution in [2.75, 3.05) is 6.61 Å². The molecular weight excluding hydrogens is 308 g/mol. The fourth-order valence-electron chi connectivity index (χ4n) is 3.97. The summed E-state index contributed by atoms with van der Waals surface area (Å²) < 4.78 is 5.88. The van der Waals surface area contributed by atoms with Gasteiger partial charge in [-0.2, -0.15) is 0 Å². The summed E-state index contributed by atoms with van der Waals surface area (Å²) in [5.74, 6) is -3.79. The number of hydrogen-bond acceptors (Lipinski definition) is 3. The fraction of sp³-hybridized carbons (Fsp3) is 0.579. The summed E-state index contributed by atoms with van der Waals surface area (Å²) in [6.07, 6.45) is 1.81. The number of hydrogen-bond donors (Lipinski definition) is 2. The number of ether oxygens (including phenoxy) is 1. The first-order chi connectivity index (χ1) is 11.4. The van der Waals surface area contributed by atoms with Crippen LogP contribution in [0.3, 0.4) is 0 Å². The molecule has 0 spiro atoms. The predicted molar refractivity (Wildman–Crippen MR) is 89.5 cm³/mol. The van der Waals surface area contributed by atoms with Crippen LogP contribution in [0.1, 0.15) is 38.7 Å². The van der Waals surface area contributed by atoms with Crippen molar-refractivity contribution in [3.63, 3.8) is 0 Å². The Labute approximate surface area is 142 Å². The standard InChI is InChI=1S/C19H26O5/c1-13(2)19(12-24-11-14-7-4-3-5-8-14)10-6-9-15(17(20)21)16(19)18(22)23/h3-5,7-8,13,15-16H,6,9-12H2,1-2H3,(H,20,21)(H,22,23). The zero-order valence-corrected chi connectivity index (χ0v) is 14.3. The highest BCUT2D eigenvalue weighted by atomic mass is 16.5. The molecule has 0 amide bonds. The lowest BCUT2D eigenvalue weighted by Crippen LogP contribution is -2.51. The van der Waals surface area contributed by atoms with E-state index in [0.29, 0.717) is 25.9 Å². The maximum atomic E-state index is 11.9. The van der Waals surface area contributed by atoms with E-state index in [1.54, 1.807) is 0 Å². The van der Waals surface area contributed by atoms with E-state index in [-0.39, 0.29) is 12.5 Å². The van der Waals surface area contributed by atoms with E-state index < -0.39 is 29.2 Å². The molecule has 0 aliphatic heterocycles. The van der Waals surface area contributed by atoms with Crippen LogP contribution in [0.2, 0.25) is 0 Å². The number of carboxylic acids is 2. The quantitative estimate of drug-likeness (QED) is 0.798. The van der Waals surface area contributed by atoms with Gasteiger partial charge in [-0.15, -0.1) is 0 Å². The Kier molecular flexibility index (Phi) is 5.99. The Hall–Kier alpha value is -1.88. The predicted octanol–water partition coefficient (Wildman–Crippen LogP) is 3.43. The lowest BCUT2D eigenvalue weighted by atomic mass is 9.57. The van der Waals surface area contributed by atoms with Crippen molar-refractivity contribution in [1.82, 2.24) is 0 Å². The summed E-state index contributed by atoms with van der Waals surface area (Å²) in [5.41, 5.74) is 0.371. The molecule has 132 valence electrons. The monoisotopic (exact) mass is 334 g/mol. The average molecular weight is 334 g/mol. The number of carbonyl (C=O) groups is 2. The number of carboxylic acid groups (broad SMARTS) is 2. The second-order valence-corrected chi connectivity index (χ2v) is 7.02. The first kappa shape index (κ1) is 18.5. The highest BCUT2D eigenvalue weighted by Crippen LogP contribution is 2.50. The molecule has 0 saturated heterocycles. The topological polar surface area (TPSA) is 83.8 Å². The van der Waals surface area contributed by atoms with Gasteiger partial charge in [0, 0.05) is 5.41 Å². The molecule has 5 nitrogen and oxygen atoms in total. The molecule has 1 aromatic rings. The summed E-state index contributed by atoms with van der Waals surface area (Å²) in [6.45, 7) is 4.60. The van der Waals surface area contributed by atoms with Crippen molar-refractivity contribution in [3.05, 3.63) is 35.9 Å². The number of aliphatic carboxylic acids is 2. The van der Waals surface area contributed by atoms with E-state index >= 15 is 0 Å². The average Bonchev–Trinajstić information content (AvgIpc) is 2.55. The molecular formula is C19H26O5. The molecule has 1 saturated carbocycles. The van der Waals surface area contributed by atoms with Gasteiger partial charge in [0.2, 0.25) is 0 Å². The summed E-state index contributed by atoms with van der Waals surface area (Å²) in [7, 11) is 0. The van der Waals surface area contributed by atoms with Gasteiger partial charge >= 0.3 is 11.9 Å². The smallest absolute Gasteiger partial charge is 0.308 e. The molecule has 3 atom stereocenters. The number of benzene rings is 1. The van der Waals surface area contributed by atoms with E-state index in [0.717, 1.165) is 5.56 Å². The zero-order chi connectivity index (χ0) is 17.7. The van der Waals surface area contributed by atoms with Crippen LogP contribution in [-0.2, 0) is 20.9 Å². The molecule has 1 aliphatic carbocycles. The Morgan fingerprint density at radius 2 is 1.88 bits per heavy atom. The van der Waals surface area contributed by atoms with Crippen LogP contribution >= 0.6 is 0 Å². The summed E-state index contributed by atoms with van der Waals surface area (Å²) in [5, 5.41) is 19.2. The highest BCUT2D eigenvalue weighted by molar-refractivity contribution is 5.81. The Morgan fingerprint density at radius 1 is 1.21 bits per heavy atom. The van der Waals surface area contributed by atoms with Crippen molar-refractivity contribution in [2.45, 2.75) is 39.7 Å². The molecule has 24 heavy (non-hydrogen) atoms. The van der Waals surface area contributed by atoms with Gasteiger partial charge in [-0.25, -0.2) is 0 Å². The highest BCUT2D eigenvalue weighted by Gasteiger charge is 2.53. The van der Waals surface area contributed by atoms with Gasteiger partial charge in [0.1, 0.15) is 0 Å². The van der Waals surface area contributed by atoms with E-state index in [9.17, 15) is 19.8 Å². The molecule has 0 bridgehead atoms. The fourth-order valence-corrected chi connectivity index (χ4v) is 3.97. The molecule has 2 rings (SSSR count). The Morgan fingerprint density at radius 3 is 2.42 bits per heavy atom. The van der Waals surface area contributed by atoms with Gasteiger partial charge in [-0.1, -0.05) is 50.6 Å². The third-order valence-corrected chi connectivity index (χ3v) is 5.39. The maximum absolute atomic E-state index is 11.9. The van der Waals surface area contributed by atoms with Crippen LogP contribution in [0.5, 0.6) is 0 Å². The minimum atomic E-state index is -1.03. The molecule has 1 aliphatic rings. The maximum Gasteiger partial charge on any atom is 0.308 e. The summed E-state index contributed by atoms with van der Waals surface area (Å²) in [4.78, 5) is 23.5. The van der Waals surface area contributed by atoms with Gasteiger partial charge < -0.3 is 14.9 Å². The van der Waals surface area contributed by atoms with Crippen LogP contribution < -0.4 is 0 Å². The third kappa shape index (κ3) is 3.78. The van der Waals surface area contributed by atoms with Crippen LogP contribution in [0.25, 0.3) is 0 Å². The lowest BCUT2D eigenvalue weighted by molar-refractivity contribution is -0.171. The van der Waals surface area contributed by atoms with Crippen LogP contribution in [-0.4, -0.2) is 28.8 Å². The first-order valence-corrected chi connectivity index (χ1v) is 8.46. The molecule has 1 aromatic carbocycles. The van der Waals surface area contributed by atoms with Gasteiger partial charge in [0.05, 0.1) is 25.0 Å². The van der Waals surface area contributed by atoms with E-state index in [1.807, 2.05) is 44.2 Å². The zero-order valence-electron chi connectivity index (χ0n) is 14.3. The van der Waals surface area contributed by atoms with E-state index in [1.165, 1.54) is 0 Å². The molecule has 2 N–H and O–H groups in total. The van der Waals surface area contributed by atoms with Crippen LogP contribution in [0.15, 0.2) is 30.3 Å². The lowest BCUT2D eigenvalue weighted by Gasteiger charge is -2.47. The second-order valence-electron chi connectivity index (χ2n) is 7.02. The molecule has 1 fully saturated rings. The molecule has 0 aromatic heterocycles. The van der Waals surface area contributed by atoms with Crippen LogP contribution in [0, 0.1) is 23.2 Å². The van der Waals surface area contributed by atoms with Crippen molar-refractivity contribution in [3.8, 4) is 0 Å². The minimum Gasteiger partial charge on any atom is -0.481 e. The van der Waals surface area contributed by atoms with Gasteiger partial charge in [-0.05, 0) is 24.3 Å². The van der Waals surface area contributed by atoms with E-state index in [4.69, 9.17) is 4.74 Å². The van der Waals surface area contributed by atoms with E-state index in [2.05, 4.69) is 0 Å².